The van der Waals surface area contributed by atoms with Crippen LogP contribution in [-0.2, 0) is 0 Å². The summed E-state index contributed by atoms with van der Waals surface area (Å²) in [5, 5.41) is 6.11. The van der Waals surface area contributed by atoms with Gasteiger partial charge >= 0.3 is 6.03 Å². The fourth-order valence-electron chi connectivity index (χ4n) is 1.81. The summed E-state index contributed by atoms with van der Waals surface area (Å²) in [5.41, 5.74) is 1.80. The van der Waals surface area contributed by atoms with Crippen LogP contribution < -0.4 is 15.4 Å². The minimum atomic E-state index is -0.481. The van der Waals surface area contributed by atoms with Crippen molar-refractivity contribution in [3.8, 4) is 5.75 Å². The van der Waals surface area contributed by atoms with Crippen LogP contribution in [0.2, 0.25) is 5.02 Å². The summed E-state index contributed by atoms with van der Waals surface area (Å²) < 4.78 is 6.41. The molecule has 2 N–H and O–H groups in total. The van der Waals surface area contributed by atoms with Crippen LogP contribution in [0.5, 0.6) is 5.75 Å². The number of benzene rings is 2. The number of hydrogen-bond donors (Lipinski definition) is 2. The van der Waals surface area contributed by atoms with Gasteiger partial charge in [0.15, 0.2) is 6.23 Å². The van der Waals surface area contributed by atoms with Crippen LogP contribution in [0.1, 0.15) is 12.5 Å². The molecule has 2 aromatic carbocycles. The van der Waals surface area contributed by atoms with Gasteiger partial charge in [0.25, 0.3) is 0 Å². The quantitative estimate of drug-likeness (QED) is 0.733. The van der Waals surface area contributed by atoms with E-state index in [0.29, 0.717) is 16.5 Å². The Bertz CT molecular complexity index is 662. The second-order valence-corrected chi connectivity index (χ2v) is 6.09. The Hall–Kier alpha value is -1.72. The number of carbonyl (C=O) groups is 1. The van der Waals surface area contributed by atoms with Gasteiger partial charge in [-0.1, -0.05) is 17.7 Å². The molecule has 0 aliphatic carbocycles. The first-order valence-corrected chi connectivity index (χ1v) is 7.87. The molecule has 0 aromatic heterocycles. The van der Waals surface area contributed by atoms with Crippen molar-refractivity contribution in [2.24, 2.45) is 0 Å². The van der Waals surface area contributed by atoms with E-state index in [1.807, 2.05) is 25.1 Å². The number of ether oxygens (including phenoxy) is 1. The molecule has 0 bridgehead atoms. The molecule has 6 heteroatoms. The van der Waals surface area contributed by atoms with E-state index in [4.69, 9.17) is 16.3 Å². The summed E-state index contributed by atoms with van der Waals surface area (Å²) in [6.45, 7) is 3.73. The second-order valence-electron chi connectivity index (χ2n) is 4.80. The highest BCUT2D eigenvalue weighted by Crippen LogP contribution is 2.23. The Morgan fingerprint density at radius 3 is 2.55 bits per heavy atom. The first kappa shape index (κ1) is 16.6. The third-order valence-corrected chi connectivity index (χ3v) is 3.74. The van der Waals surface area contributed by atoms with Gasteiger partial charge in [-0.3, -0.25) is 0 Å². The van der Waals surface area contributed by atoms with Crippen LogP contribution in [0.15, 0.2) is 46.9 Å². The number of hydrogen-bond acceptors (Lipinski definition) is 2. The molecule has 2 aromatic rings. The molecule has 0 heterocycles. The number of amides is 2. The van der Waals surface area contributed by atoms with Crippen molar-refractivity contribution in [2.75, 3.05) is 5.32 Å². The highest BCUT2D eigenvalue weighted by molar-refractivity contribution is 9.10. The number of nitrogens with one attached hydrogen (secondary N) is 2. The van der Waals surface area contributed by atoms with Gasteiger partial charge in [0, 0.05) is 9.50 Å². The molecular formula is C16H16BrClN2O2. The molecular weight excluding hydrogens is 368 g/mol. The standard InChI is InChI=1S/C16H16BrClN2O2/c1-10-3-8-15(14(17)9-10)20-16(21)19-11(2)22-13-6-4-12(18)5-7-13/h3-9,11H,1-2H3,(H2,19,20,21). The van der Waals surface area contributed by atoms with Gasteiger partial charge < -0.3 is 15.4 Å². The molecule has 22 heavy (non-hydrogen) atoms. The molecule has 0 fully saturated rings. The van der Waals surface area contributed by atoms with Gasteiger partial charge in [-0.05, 0) is 71.7 Å². The van der Waals surface area contributed by atoms with E-state index in [9.17, 15) is 4.79 Å². The highest BCUT2D eigenvalue weighted by atomic mass is 79.9. The molecule has 0 aliphatic heterocycles. The minimum Gasteiger partial charge on any atom is -0.471 e. The lowest BCUT2D eigenvalue weighted by molar-refractivity contribution is 0.183. The van der Waals surface area contributed by atoms with Crippen LogP contribution in [-0.4, -0.2) is 12.3 Å². The van der Waals surface area contributed by atoms with Gasteiger partial charge in [-0.25, -0.2) is 4.79 Å². The topological polar surface area (TPSA) is 50.4 Å². The first-order valence-electron chi connectivity index (χ1n) is 6.70. The summed E-state index contributed by atoms with van der Waals surface area (Å²) in [7, 11) is 0. The maximum atomic E-state index is 12.0. The number of anilines is 1. The maximum absolute atomic E-state index is 12.0. The normalized spacial score (nSPS) is 11.6. The third-order valence-electron chi connectivity index (χ3n) is 2.83. The minimum absolute atomic E-state index is 0.342. The number of rotatable bonds is 4. The molecule has 2 amide bonds. The molecule has 116 valence electrons. The monoisotopic (exact) mass is 382 g/mol. The average Bonchev–Trinajstić information content (AvgIpc) is 2.44. The van der Waals surface area contributed by atoms with E-state index in [2.05, 4.69) is 26.6 Å². The van der Waals surface area contributed by atoms with E-state index >= 15 is 0 Å². The molecule has 1 unspecified atom stereocenters. The highest BCUT2D eigenvalue weighted by Gasteiger charge is 2.10. The Balaban J connectivity index is 1.89. The van der Waals surface area contributed by atoms with E-state index in [-0.39, 0.29) is 6.03 Å². The average molecular weight is 384 g/mol. The van der Waals surface area contributed by atoms with Crippen molar-refractivity contribution < 1.29 is 9.53 Å². The van der Waals surface area contributed by atoms with Crippen molar-refractivity contribution >= 4 is 39.2 Å². The summed E-state index contributed by atoms with van der Waals surface area (Å²) in [5.74, 6) is 0.633. The Morgan fingerprint density at radius 1 is 1.23 bits per heavy atom. The molecule has 2 rings (SSSR count). The van der Waals surface area contributed by atoms with Gasteiger partial charge in [0.05, 0.1) is 5.69 Å². The van der Waals surface area contributed by atoms with Gasteiger partial charge in [-0.15, -0.1) is 0 Å². The van der Waals surface area contributed by atoms with Gasteiger partial charge in [-0.2, -0.15) is 0 Å². The van der Waals surface area contributed by atoms with Crippen LogP contribution >= 0.6 is 27.5 Å². The summed E-state index contributed by atoms with van der Waals surface area (Å²) >= 11 is 9.23. The largest absolute Gasteiger partial charge is 0.471 e. The number of aryl methyl sites for hydroxylation is 1. The zero-order valence-corrected chi connectivity index (χ0v) is 14.5. The van der Waals surface area contributed by atoms with E-state index < -0.39 is 6.23 Å². The van der Waals surface area contributed by atoms with Crippen molar-refractivity contribution in [1.29, 1.82) is 0 Å². The fourth-order valence-corrected chi connectivity index (χ4v) is 2.53. The van der Waals surface area contributed by atoms with Crippen LogP contribution in [0.3, 0.4) is 0 Å². The lowest BCUT2D eigenvalue weighted by Crippen LogP contribution is -2.39. The SMILES string of the molecule is Cc1ccc(NC(=O)NC(C)Oc2ccc(Cl)cc2)c(Br)c1. The predicted octanol–water partition coefficient (Wildman–Crippen LogP) is 4.96. The smallest absolute Gasteiger partial charge is 0.322 e. The van der Waals surface area contributed by atoms with E-state index in [1.165, 1.54) is 0 Å². The van der Waals surface area contributed by atoms with Crippen LogP contribution in [0.25, 0.3) is 0 Å². The zero-order valence-electron chi connectivity index (χ0n) is 12.2. The molecule has 1 atom stereocenters. The van der Waals surface area contributed by atoms with E-state index in [0.717, 1.165) is 10.0 Å². The van der Waals surface area contributed by atoms with Crippen LogP contribution in [0.4, 0.5) is 10.5 Å². The van der Waals surface area contributed by atoms with Crippen molar-refractivity contribution in [3.63, 3.8) is 0 Å². The first-order chi connectivity index (χ1) is 10.4. The van der Waals surface area contributed by atoms with Crippen molar-refractivity contribution in [1.82, 2.24) is 5.32 Å². The zero-order chi connectivity index (χ0) is 16.1. The van der Waals surface area contributed by atoms with Gasteiger partial charge in [0.2, 0.25) is 0 Å². The summed E-state index contributed by atoms with van der Waals surface area (Å²) in [6, 6.07) is 12.3. The predicted molar refractivity (Wildman–Crippen MR) is 92.6 cm³/mol. The molecule has 0 saturated carbocycles. The van der Waals surface area contributed by atoms with Crippen molar-refractivity contribution in [2.45, 2.75) is 20.1 Å². The molecule has 0 radical (unpaired) electrons. The number of halogens is 2. The number of carbonyl (C=O) groups excluding carboxylic acids is 1. The number of urea groups is 1. The molecule has 0 aliphatic rings. The Morgan fingerprint density at radius 2 is 1.91 bits per heavy atom. The van der Waals surface area contributed by atoms with Crippen LogP contribution in [0, 0.1) is 6.92 Å². The van der Waals surface area contributed by atoms with Gasteiger partial charge in [0.1, 0.15) is 5.75 Å². The Kier molecular flexibility index (Phi) is 5.69. The summed E-state index contributed by atoms with van der Waals surface area (Å²) in [6.07, 6.45) is -0.481. The fraction of sp³-hybridized carbons (Fsp3) is 0.188. The lowest BCUT2D eigenvalue weighted by Gasteiger charge is -2.17. The lowest BCUT2D eigenvalue weighted by atomic mass is 10.2. The van der Waals surface area contributed by atoms with Crippen molar-refractivity contribution in [3.05, 3.63) is 57.5 Å². The molecule has 0 saturated heterocycles. The van der Waals surface area contributed by atoms with E-state index in [1.54, 1.807) is 31.2 Å². The maximum Gasteiger partial charge on any atom is 0.322 e. The molecule has 0 spiro atoms. The third kappa shape index (κ3) is 4.93. The Labute approximate surface area is 142 Å². The molecule has 4 nitrogen and oxygen atoms in total. The second kappa shape index (κ2) is 7.51. The summed E-state index contributed by atoms with van der Waals surface area (Å²) in [4.78, 5) is 12.0.